The van der Waals surface area contributed by atoms with Crippen LogP contribution in [0, 0.1) is 15.9 Å². The Morgan fingerprint density at radius 2 is 2.03 bits per heavy atom. The molecule has 0 radical (unpaired) electrons. The van der Waals surface area contributed by atoms with Gasteiger partial charge in [0.05, 0.1) is 10.6 Å². The van der Waals surface area contributed by atoms with Gasteiger partial charge in [0.25, 0.3) is 11.6 Å². The number of halogens is 1. The maximum absolute atomic E-state index is 14.1. The number of nitro benzene ring substituents is 1. The van der Waals surface area contributed by atoms with E-state index in [4.69, 9.17) is 4.74 Å². The van der Waals surface area contributed by atoms with Gasteiger partial charge in [-0.25, -0.2) is 4.39 Å². The van der Waals surface area contributed by atoms with Crippen LogP contribution in [0.5, 0.6) is 5.75 Å². The van der Waals surface area contributed by atoms with Gasteiger partial charge in [-0.3, -0.25) is 24.6 Å². The zero-order valence-corrected chi connectivity index (χ0v) is 15.4. The molecule has 2 aliphatic rings. The predicted octanol–water partition coefficient (Wildman–Crippen LogP) is 2.65. The van der Waals surface area contributed by atoms with E-state index in [1.165, 1.54) is 29.2 Å². The topological polar surface area (TPSA) is 93.0 Å². The van der Waals surface area contributed by atoms with Crippen molar-refractivity contribution in [3.8, 4) is 5.75 Å². The number of nitro groups is 1. The van der Waals surface area contributed by atoms with Crippen molar-refractivity contribution in [2.24, 2.45) is 0 Å². The summed E-state index contributed by atoms with van der Waals surface area (Å²) in [4.78, 5) is 38.7. The number of anilines is 1. The third-order valence-electron chi connectivity index (χ3n) is 5.00. The third kappa shape index (κ3) is 3.89. The lowest BCUT2D eigenvalue weighted by atomic mass is 10.2. The number of amides is 2. The van der Waals surface area contributed by atoms with Crippen molar-refractivity contribution in [1.29, 1.82) is 0 Å². The maximum atomic E-state index is 14.1. The molecule has 2 aromatic carbocycles. The molecule has 0 N–H and O–H groups in total. The van der Waals surface area contributed by atoms with Crippen LogP contribution in [0.2, 0.25) is 0 Å². The molecule has 2 aromatic rings. The van der Waals surface area contributed by atoms with Gasteiger partial charge in [-0.05, 0) is 25.0 Å². The number of carbonyl (C=O) groups excluding carboxylic acids is 2. The van der Waals surface area contributed by atoms with E-state index in [-0.39, 0.29) is 43.0 Å². The summed E-state index contributed by atoms with van der Waals surface area (Å²) in [6.45, 7) is -0.438. The minimum Gasteiger partial charge on any atom is -0.482 e. The number of fused-ring (bicyclic) bond motifs is 1. The van der Waals surface area contributed by atoms with E-state index in [1.54, 1.807) is 23.1 Å². The molecule has 0 unspecified atom stereocenters. The summed E-state index contributed by atoms with van der Waals surface area (Å²) in [5.74, 6) is -0.902. The molecule has 1 heterocycles. The highest BCUT2D eigenvalue weighted by atomic mass is 19.1. The molecule has 9 heteroatoms. The Morgan fingerprint density at radius 3 is 2.72 bits per heavy atom. The van der Waals surface area contributed by atoms with E-state index < -0.39 is 16.6 Å². The summed E-state index contributed by atoms with van der Waals surface area (Å²) in [6.07, 6.45) is 1.64. The quantitative estimate of drug-likeness (QED) is 0.550. The van der Waals surface area contributed by atoms with Crippen molar-refractivity contribution >= 4 is 23.2 Å². The summed E-state index contributed by atoms with van der Waals surface area (Å²) in [5.41, 5.74) is 0.382. The van der Waals surface area contributed by atoms with Gasteiger partial charge in [0.2, 0.25) is 5.91 Å². The summed E-state index contributed by atoms with van der Waals surface area (Å²) in [7, 11) is 0. The first-order chi connectivity index (χ1) is 13.9. The number of carbonyl (C=O) groups is 2. The minimum absolute atomic E-state index is 0.00262. The smallest absolute Gasteiger partial charge is 0.271 e. The van der Waals surface area contributed by atoms with Gasteiger partial charge in [0, 0.05) is 30.3 Å². The minimum atomic E-state index is -0.575. The molecule has 0 aromatic heterocycles. The summed E-state index contributed by atoms with van der Waals surface area (Å²) >= 11 is 0. The summed E-state index contributed by atoms with van der Waals surface area (Å²) in [5, 5.41) is 11.1. The van der Waals surface area contributed by atoms with Crippen LogP contribution in [0.25, 0.3) is 0 Å². The highest BCUT2D eigenvalue weighted by Crippen LogP contribution is 2.36. The molecule has 0 bridgehead atoms. The van der Waals surface area contributed by atoms with E-state index in [0.717, 1.165) is 12.8 Å². The molecule has 1 aliphatic heterocycles. The van der Waals surface area contributed by atoms with Gasteiger partial charge >= 0.3 is 0 Å². The van der Waals surface area contributed by atoms with Gasteiger partial charge in [0.15, 0.2) is 6.61 Å². The summed E-state index contributed by atoms with van der Waals surface area (Å²) in [6, 6.07) is 10.2. The molecule has 8 nitrogen and oxygen atoms in total. The lowest BCUT2D eigenvalue weighted by molar-refractivity contribution is -0.384. The molecule has 2 amide bonds. The van der Waals surface area contributed by atoms with Gasteiger partial charge in [-0.2, -0.15) is 0 Å². The highest BCUT2D eigenvalue weighted by Gasteiger charge is 2.36. The number of rotatable bonds is 6. The number of non-ortho nitro benzene ring substituents is 1. The number of ether oxygens (including phenoxy) is 1. The number of hydrogen-bond acceptors (Lipinski definition) is 5. The Kier molecular flexibility index (Phi) is 4.87. The molecule has 0 spiro atoms. The van der Waals surface area contributed by atoms with Crippen LogP contribution in [0.15, 0.2) is 42.5 Å². The second kappa shape index (κ2) is 7.50. The Hall–Kier alpha value is -3.49. The van der Waals surface area contributed by atoms with Crippen molar-refractivity contribution in [3.05, 3.63) is 64.0 Å². The first-order valence-electron chi connectivity index (χ1n) is 9.18. The Bertz CT molecular complexity index is 992. The van der Waals surface area contributed by atoms with Crippen molar-refractivity contribution < 1.29 is 23.6 Å². The van der Waals surface area contributed by atoms with Gasteiger partial charge in [-0.15, -0.1) is 0 Å². The van der Waals surface area contributed by atoms with Gasteiger partial charge in [-0.1, -0.05) is 18.2 Å². The van der Waals surface area contributed by atoms with Crippen molar-refractivity contribution in [1.82, 2.24) is 4.90 Å². The molecule has 4 rings (SSSR count). The predicted molar refractivity (Wildman–Crippen MR) is 101 cm³/mol. The average Bonchev–Trinajstić information content (AvgIpc) is 3.54. The third-order valence-corrected chi connectivity index (χ3v) is 5.00. The zero-order chi connectivity index (χ0) is 20.5. The van der Waals surface area contributed by atoms with E-state index >= 15 is 0 Å². The van der Waals surface area contributed by atoms with E-state index in [9.17, 15) is 24.1 Å². The molecule has 0 saturated heterocycles. The van der Waals surface area contributed by atoms with Crippen LogP contribution >= 0.6 is 0 Å². The molecular weight excluding hydrogens is 381 g/mol. The zero-order valence-electron chi connectivity index (χ0n) is 15.4. The number of nitrogens with zero attached hydrogens (tertiary/aromatic N) is 3. The van der Waals surface area contributed by atoms with Crippen LogP contribution in [0.4, 0.5) is 15.8 Å². The highest BCUT2D eigenvalue weighted by molar-refractivity contribution is 6.02. The van der Waals surface area contributed by atoms with E-state index in [0.29, 0.717) is 11.3 Å². The standard InChI is InChI=1S/C20H18FN3O5/c21-16-4-2-1-3-13(16)10-22(14-5-6-14)19(25)11-23-17-9-15(24(27)28)7-8-18(17)29-12-20(23)26/h1-4,7-9,14H,5-6,10-12H2. The van der Waals surface area contributed by atoms with Crippen LogP contribution in [0.1, 0.15) is 18.4 Å². The number of benzene rings is 2. The fourth-order valence-electron chi connectivity index (χ4n) is 3.32. The Morgan fingerprint density at radius 1 is 1.28 bits per heavy atom. The van der Waals surface area contributed by atoms with Gasteiger partial charge in [0.1, 0.15) is 18.1 Å². The van der Waals surface area contributed by atoms with E-state index in [1.807, 2.05) is 0 Å². The average molecular weight is 399 g/mol. The fourth-order valence-corrected chi connectivity index (χ4v) is 3.32. The monoisotopic (exact) mass is 399 g/mol. The fraction of sp³-hybridized carbons (Fsp3) is 0.300. The summed E-state index contributed by atoms with van der Waals surface area (Å²) < 4.78 is 19.4. The maximum Gasteiger partial charge on any atom is 0.271 e. The number of hydrogen-bond donors (Lipinski definition) is 0. The first-order valence-corrected chi connectivity index (χ1v) is 9.18. The molecular formula is C20H18FN3O5. The Balaban J connectivity index is 1.58. The molecule has 1 fully saturated rings. The SMILES string of the molecule is O=C1COc2ccc([N+](=O)[O-])cc2N1CC(=O)N(Cc1ccccc1F)C1CC1. The molecule has 0 atom stereocenters. The largest absolute Gasteiger partial charge is 0.482 e. The van der Waals surface area contributed by atoms with Gasteiger partial charge < -0.3 is 9.64 Å². The molecule has 1 aliphatic carbocycles. The molecule has 1 saturated carbocycles. The second-order valence-corrected chi connectivity index (χ2v) is 7.02. The normalized spacial score (nSPS) is 15.5. The van der Waals surface area contributed by atoms with Crippen LogP contribution < -0.4 is 9.64 Å². The van der Waals surface area contributed by atoms with Crippen molar-refractivity contribution in [2.75, 3.05) is 18.1 Å². The second-order valence-electron chi connectivity index (χ2n) is 7.02. The Labute approximate surface area is 165 Å². The molecule has 29 heavy (non-hydrogen) atoms. The lowest BCUT2D eigenvalue weighted by Crippen LogP contribution is -2.47. The van der Waals surface area contributed by atoms with Crippen molar-refractivity contribution in [3.63, 3.8) is 0 Å². The van der Waals surface area contributed by atoms with Crippen LogP contribution in [0.3, 0.4) is 0 Å². The van der Waals surface area contributed by atoms with Crippen molar-refractivity contribution in [2.45, 2.75) is 25.4 Å². The van der Waals surface area contributed by atoms with Crippen LogP contribution in [-0.4, -0.2) is 40.8 Å². The molecule has 150 valence electrons. The first kappa shape index (κ1) is 18.9. The van der Waals surface area contributed by atoms with E-state index in [2.05, 4.69) is 0 Å². The van der Waals surface area contributed by atoms with Crippen LogP contribution in [-0.2, 0) is 16.1 Å². The lowest BCUT2D eigenvalue weighted by Gasteiger charge is -2.31.